The Morgan fingerprint density at radius 1 is 1.35 bits per heavy atom. The number of fused-ring (bicyclic) bond motifs is 1. The first-order valence-corrected chi connectivity index (χ1v) is 12.5. The molecule has 3 heterocycles. The number of hydrogen-bond acceptors (Lipinski definition) is 11. The average molecular weight is 472 g/mol. The zero-order chi connectivity index (χ0) is 22.1. The summed E-state index contributed by atoms with van der Waals surface area (Å²) in [6, 6.07) is -0.838. The first-order valence-electron chi connectivity index (χ1n) is 10.4. The van der Waals surface area contributed by atoms with E-state index in [0.29, 0.717) is 17.1 Å². The molecule has 4 atom stereocenters. The number of rotatable bonds is 7. The maximum absolute atomic E-state index is 12.7. The van der Waals surface area contributed by atoms with Crippen LogP contribution in [0.1, 0.15) is 32.1 Å². The Hall–Kier alpha value is -1.35. The number of thioether (sulfide) groups is 2. The van der Waals surface area contributed by atoms with Gasteiger partial charge in [0.05, 0.1) is 11.7 Å². The third-order valence-corrected chi connectivity index (χ3v) is 8.70. The van der Waals surface area contributed by atoms with Crippen LogP contribution in [0.4, 0.5) is 0 Å². The summed E-state index contributed by atoms with van der Waals surface area (Å²) in [6.45, 7) is 0. The van der Waals surface area contributed by atoms with E-state index in [2.05, 4.69) is 21.8 Å². The minimum Gasteiger partial charge on any atom is -0.543 e. The smallest absolute Gasteiger partial charge is 0.253 e. The summed E-state index contributed by atoms with van der Waals surface area (Å²) in [5.41, 5.74) is 8.99. The summed E-state index contributed by atoms with van der Waals surface area (Å²) in [6.07, 6.45) is 3.54. The maximum Gasteiger partial charge on any atom is 0.253 e. The SMILES string of the molecule is CN1NNNC1SCC1=C(C(=O)[O-])N2C(=O)C(NC(=O)C(O)C3CCCCC3)C2SC1. The van der Waals surface area contributed by atoms with E-state index in [1.807, 2.05) is 7.05 Å². The Balaban J connectivity index is 1.39. The number of aliphatic hydroxyl groups is 1. The van der Waals surface area contributed by atoms with Gasteiger partial charge in [0.2, 0.25) is 5.91 Å². The van der Waals surface area contributed by atoms with Crippen LogP contribution >= 0.6 is 23.5 Å². The number of nitrogens with zero attached hydrogens (tertiary/aromatic N) is 2. The van der Waals surface area contributed by atoms with Crippen molar-refractivity contribution in [3.8, 4) is 0 Å². The molecule has 3 aliphatic heterocycles. The molecule has 0 aromatic heterocycles. The van der Waals surface area contributed by atoms with E-state index in [1.165, 1.54) is 28.4 Å². The van der Waals surface area contributed by atoms with Crippen molar-refractivity contribution in [2.45, 2.75) is 55.1 Å². The molecule has 4 unspecified atom stereocenters. The molecule has 0 aromatic carbocycles. The molecule has 2 amide bonds. The lowest BCUT2D eigenvalue weighted by Crippen LogP contribution is -2.72. The third-order valence-electron chi connectivity index (χ3n) is 6.10. The van der Waals surface area contributed by atoms with Crippen molar-refractivity contribution in [3.05, 3.63) is 11.3 Å². The molecule has 0 radical (unpaired) electrons. The number of carbonyl (C=O) groups is 3. The van der Waals surface area contributed by atoms with Crippen LogP contribution in [0.3, 0.4) is 0 Å². The lowest BCUT2D eigenvalue weighted by atomic mass is 9.85. The van der Waals surface area contributed by atoms with Gasteiger partial charge in [0.1, 0.15) is 23.0 Å². The van der Waals surface area contributed by atoms with Crippen LogP contribution in [0, 0.1) is 5.92 Å². The Kier molecular flexibility index (Phi) is 7.10. The van der Waals surface area contributed by atoms with Crippen molar-refractivity contribution >= 4 is 41.3 Å². The highest BCUT2D eigenvalue weighted by molar-refractivity contribution is 8.01. The first-order chi connectivity index (χ1) is 14.9. The van der Waals surface area contributed by atoms with Crippen LogP contribution in [0.25, 0.3) is 0 Å². The zero-order valence-electron chi connectivity index (χ0n) is 17.1. The van der Waals surface area contributed by atoms with E-state index in [9.17, 15) is 24.6 Å². The Labute approximate surface area is 188 Å². The highest BCUT2D eigenvalue weighted by Gasteiger charge is 2.53. The van der Waals surface area contributed by atoms with E-state index >= 15 is 0 Å². The molecule has 13 heteroatoms. The number of nitrogens with one attached hydrogen (secondary N) is 4. The maximum atomic E-state index is 12.7. The van der Waals surface area contributed by atoms with Crippen molar-refractivity contribution in [2.75, 3.05) is 18.6 Å². The molecule has 11 nitrogen and oxygen atoms in total. The van der Waals surface area contributed by atoms with Crippen molar-refractivity contribution in [2.24, 2.45) is 5.92 Å². The average Bonchev–Trinajstić information content (AvgIpc) is 3.19. The fraction of sp³-hybridized carbons (Fsp3) is 0.722. The Morgan fingerprint density at radius 3 is 2.74 bits per heavy atom. The van der Waals surface area contributed by atoms with E-state index < -0.39 is 35.3 Å². The summed E-state index contributed by atoms with van der Waals surface area (Å²) >= 11 is 2.87. The van der Waals surface area contributed by atoms with Crippen LogP contribution in [0.15, 0.2) is 11.3 Å². The molecule has 31 heavy (non-hydrogen) atoms. The second-order valence-corrected chi connectivity index (χ2v) is 10.3. The molecule has 0 spiro atoms. The largest absolute Gasteiger partial charge is 0.543 e. The number of carboxylic acid groups (broad SMARTS) is 1. The summed E-state index contributed by atoms with van der Waals surface area (Å²) in [5.74, 6) is -1.71. The van der Waals surface area contributed by atoms with Gasteiger partial charge >= 0.3 is 0 Å². The van der Waals surface area contributed by atoms with E-state index in [1.54, 1.807) is 5.01 Å². The Bertz CT molecular complexity index is 777. The van der Waals surface area contributed by atoms with Gasteiger partial charge in [-0.25, -0.2) is 10.4 Å². The lowest BCUT2D eigenvalue weighted by Gasteiger charge is -2.51. The molecule has 172 valence electrons. The second kappa shape index (κ2) is 9.65. The fourth-order valence-corrected chi connectivity index (χ4v) is 6.85. The van der Waals surface area contributed by atoms with Gasteiger partial charge in [-0.15, -0.1) is 23.5 Å². The second-order valence-electron chi connectivity index (χ2n) is 8.13. The predicted octanol–water partition coefficient (Wildman–Crippen LogP) is -2.19. The third kappa shape index (κ3) is 4.58. The van der Waals surface area contributed by atoms with Crippen molar-refractivity contribution in [1.82, 2.24) is 31.7 Å². The quantitative estimate of drug-likeness (QED) is 0.258. The van der Waals surface area contributed by atoms with Gasteiger partial charge in [-0.3, -0.25) is 14.5 Å². The van der Waals surface area contributed by atoms with Crippen LogP contribution in [-0.2, 0) is 14.4 Å². The molecular weight excluding hydrogens is 444 g/mol. The minimum atomic E-state index is -1.40. The predicted molar refractivity (Wildman–Crippen MR) is 113 cm³/mol. The molecule has 5 N–H and O–H groups in total. The molecular formula is C18H27N6O5S2-. The van der Waals surface area contributed by atoms with Crippen molar-refractivity contribution < 1.29 is 24.6 Å². The monoisotopic (exact) mass is 471 g/mol. The summed E-state index contributed by atoms with van der Waals surface area (Å²) in [4.78, 5) is 38.3. The van der Waals surface area contributed by atoms with E-state index in [-0.39, 0.29) is 17.1 Å². The number of hydrazine groups is 3. The normalized spacial score (nSPS) is 30.7. The molecule has 1 aliphatic carbocycles. The highest BCUT2D eigenvalue weighted by atomic mass is 32.2. The van der Waals surface area contributed by atoms with Crippen LogP contribution in [0.5, 0.6) is 0 Å². The van der Waals surface area contributed by atoms with Crippen LogP contribution in [-0.4, -0.2) is 74.4 Å². The zero-order valence-corrected chi connectivity index (χ0v) is 18.8. The summed E-state index contributed by atoms with van der Waals surface area (Å²) < 4.78 is 0. The molecule has 2 saturated heterocycles. The molecule has 3 fully saturated rings. The molecule has 4 aliphatic rings. The number of carboxylic acids is 1. The van der Waals surface area contributed by atoms with E-state index in [0.717, 1.165) is 32.1 Å². The summed E-state index contributed by atoms with van der Waals surface area (Å²) in [7, 11) is 1.83. The topological polar surface area (TPSA) is 149 Å². The highest BCUT2D eigenvalue weighted by Crippen LogP contribution is 2.41. The minimum absolute atomic E-state index is 0.0901. The van der Waals surface area contributed by atoms with Crippen LogP contribution in [0.2, 0.25) is 0 Å². The molecule has 4 rings (SSSR count). The number of aliphatic carboxylic acids is 1. The number of carbonyl (C=O) groups excluding carboxylic acids is 3. The molecule has 0 bridgehead atoms. The Morgan fingerprint density at radius 2 is 2.10 bits per heavy atom. The summed E-state index contributed by atoms with van der Waals surface area (Å²) in [5, 5.41) is 26.2. The van der Waals surface area contributed by atoms with Gasteiger partial charge in [0.15, 0.2) is 0 Å². The van der Waals surface area contributed by atoms with Crippen molar-refractivity contribution in [3.63, 3.8) is 0 Å². The van der Waals surface area contributed by atoms with Gasteiger partial charge in [0, 0.05) is 18.6 Å². The number of hydrogen-bond donors (Lipinski definition) is 5. The van der Waals surface area contributed by atoms with Crippen LogP contribution < -0.4 is 26.9 Å². The number of amides is 2. The van der Waals surface area contributed by atoms with Gasteiger partial charge in [-0.1, -0.05) is 19.3 Å². The molecule has 0 aromatic rings. The first kappa shape index (κ1) is 22.8. The number of β-lactam (4-membered cyclic amide) rings is 1. The molecule has 1 saturated carbocycles. The van der Waals surface area contributed by atoms with Crippen molar-refractivity contribution in [1.29, 1.82) is 0 Å². The van der Waals surface area contributed by atoms with E-state index in [4.69, 9.17) is 0 Å². The van der Waals surface area contributed by atoms with Gasteiger partial charge < -0.3 is 20.3 Å². The van der Waals surface area contributed by atoms with Gasteiger partial charge in [-0.05, 0) is 24.3 Å². The number of aliphatic hydroxyl groups excluding tert-OH is 1. The fourth-order valence-electron chi connectivity index (χ4n) is 4.36. The van der Waals surface area contributed by atoms with Gasteiger partial charge in [-0.2, -0.15) is 11.1 Å². The standard InChI is InChI=1S/C18H28N6O5S2/c1-23-18(20-21-22-23)31-8-10-7-30-16-11(15(27)24(16)12(10)17(28)29)19-14(26)13(25)9-5-3-2-4-6-9/h9,11,13,16,18,20-22,25H,2-8H2,1H3,(H,19,26)(H,28,29)/p-1. The van der Waals surface area contributed by atoms with Gasteiger partial charge in [0.25, 0.3) is 5.91 Å². The lowest BCUT2D eigenvalue weighted by molar-refractivity contribution is -0.301.